The summed E-state index contributed by atoms with van der Waals surface area (Å²) in [6.45, 7) is 2.07. The minimum absolute atomic E-state index is 0.0855. The highest BCUT2D eigenvalue weighted by Gasteiger charge is 2.55. The lowest BCUT2D eigenvalue weighted by atomic mass is 9.51. The molecule has 1 saturated carbocycles. The van der Waals surface area contributed by atoms with Crippen molar-refractivity contribution in [2.24, 2.45) is 17.8 Å². The van der Waals surface area contributed by atoms with Crippen LogP contribution in [0.25, 0.3) is 0 Å². The lowest BCUT2D eigenvalue weighted by Gasteiger charge is -2.50. The molecule has 0 bridgehead atoms. The highest BCUT2D eigenvalue weighted by molar-refractivity contribution is 6.09. The van der Waals surface area contributed by atoms with Crippen molar-refractivity contribution in [2.45, 2.75) is 12.8 Å². The highest BCUT2D eigenvalue weighted by atomic mass is 16.1. The Bertz CT molecular complexity index is 501. The summed E-state index contributed by atoms with van der Waals surface area (Å²) in [4.78, 5) is 23.6. The van der Waals surface area contributed by atoms with Crippen LogP contribution in [0, 0.1) is 17.8 Å². The molecule has 2 aliphatic carbocycles. The summed E-state index contributed by atoms with van der Waals surface area (Å²) in [7, 11) is 0. The van der Waals surface area contributed by atoms with Gasteiger partial charge in [0, 0.05) is 11.8 Å². The van der Waals surface area contributed by atoms with E-state index in [4.69, 9.17) is 0 Å². The van der Waals surface area contributed by atoms with Crippen molar-refractivity contribution in [3.05, 3.63) is 48.0 Å². The lowest BCUT2D eigenvalue weighted by molar-refractivity contribution is -0.141. The molecule has 0 amide bonds. The van der Waals surface area contributed by atoms with E-state index in [1.165, 1.54) is 17.7 Å². The molecule has 0 N–H and O–H groups in total. The van der Waals surface area contributed by atoms with E-state index in [1.54, 1.807) is 0 Å². The van der Waals surface area contributed by atoms with E-state index in [1.807, 2.05) is 30.3 Å². The highest BCUT2D eigenvalue weighted by Crippen LogP contribution is 2.54. The third-order valence-corrected chi connectivity index (χ3v) is 4.16. The van der Waals surface area contributed by atoms with Gasteiger partial charge in [-0.1, -0.05) is 37.3 Å². The number of hydrogen-bond donors (Lipinski definition) is 0. The van der Waals surface area contributed by atoms with Gasteiger partial charge in [0.15, 0.2) is 11.6 Å². The number of rotatable bonds is 1. The molecule has 1 fully saturated rings. The van der Waals surface area contributed by atoms with Gasteiger partial charge in [-0.25, -0.2) is 0 Å². The Morgan fingerprint density at radius 3 is 2.06 bits per heavy atom. The Balaban J connectivity index is 1.97. The fourth-order valence-electron chi connectivity index (χ4n) is 3.32. The van der Waals surface area contributed by atoms with E-state index in [-0.39, 0.29) is 35.2 Å². The monoisotopic (exact) mass is 226 g/mol. The third kappa shape index (κ3) is 1.40. The Morgan fingerprint density at radius 1 is 0.824 bits per heavy atom. The fourth-order valence-corrected chi connectivity index (χ4v) is 3.32. The van der Waals surface area contributed by atoms with Gasteiger partial charge < -0.3 is 0 Å². The van der Waals surface area contributed by atoms with Crippen LogP contribution >= 0.6 is 0 Å². The molecule has 2 nitrogen and oxygen atoms in total. The maximum atomic E-state index is 11.9. The molecule has 2 heteroatoms. The fraction of sp³-hybridized carbons (Fsp3) is 0.333. The second-order valence-corrected chi connectivity index (χ2v) is 4.99. The van der Waals surface area contributed by atoms with E-state index in [0.717, 1.165) is 0 Å². The Hall–Kier alpha value is -1.70. The molecule has 0 radical (unpaired) electrons. The zero-order valence-corrected chi connectivity index (χ0v) is 9.67. The van der Waals surface area contributed by atoms with Gasteiger partial charge in [-0.05, 0) is 29.6 Å². The molecule has 0 aliphatic heterocycles. The first kappa shape index (κ1) is 10.5. The third-order valence-electron chi connectivity index (χ3n) is 4.16. The molecule has 3 rings (SSSR count). The van der Waals surface area contributed by atoms with Crippen molar-refractivity contribution >= 4 is 11.6 Å². The molecule has 1 aromatic rings. The Kier molecular flexibility index (Phi) is 2.25. The first-order valence-corrected chi connectivity index (χ1v) is 6.01. The minimum Gasteiger partial charge on any atom is -0.295 e. The molecule has 0 heterocycles. The smallest absolute Gasteiger partial charge is 0.160 e. The molecule has 0 unspecified atom stereocenters. The Labute approximate surface area is 100 Å². The van der Waals surface area contributed by atoms with Crippen LogP contribution in [0.1, 0.15) is 18.4 Å². The maximum Gasteiger partial charge on any atom is 0.160 e. The van der Waals surface area contributed by atoms with Crippen LogP contribution in [-0.2, 0) is 9.59 Å². The van der Waals surface area contributed by atoms with E-state index in [2.05, 4.69) is 6.92 Å². The van der Waals surface area contributed by atoms with Gasteiger partial charge in [-0.15, -0.1) is 0 Å². The second kappa shape index (κ2) is 3.66. The zero-order valence-electron chi connectivity index (χ0n) is 9.67. The number of allylic oxidation sites excluding steroid dienone is 2. The normalized spacial score (nSPS) is 35.4. The van der Waals surface area contributed by atoms with Crippen molar-refractivity contribution < 1.29 is 9.59 Å². The summed E-state index contributed by atoms with van der Waals surface area (Å²) >= 11 is 0. The van der Waals surface area contributed by atoms with E-state index in [0.29, 0.717) is 0 Å². The van der Waals surface area contributed by atoms with E-state index < -0.39 is 0 Å². The summed E-state index contributed by atoms with van der Waals surface area (Å²) < 4.78 is 0. The van der Waals surface area contributed by atoms with Crippen LogP contribution in [0.3, 0.4) is 0 Å². The summed E-state index contributed by atoms with van der Waals surface area (Å²) in [5, 5.41) is 0. The summed E-state index contributed by atoms with van der Waals surface area (Å²) in [6, 6.07) is 10.0. The predicted octanol–water partition coefficient (Wildman–Crippen LogP) is 2.36. The van der Waals surface area contributed by atoms with Crippen LogP contribution in [0.15, 0.2) is 42.5 Å². The van der Waals surface area contributed by atoms with Crippen molar-refractivity contribution in [1.29, 1.82) is 0 Å². The molecule has 86 valence electrons. The molecule has 0 saturated heterocycles. The topological polar surface area (TPSA) is 34.1 Å². The van der Waals surface area contributed by atoms with Gasteiger partial charge in [0.1, 0.15) is 0 Å². The van der Waals surface area contributed by atoms with Gasteiger partial charge in [0.25, 0.3) is 0 Å². The lowest BCUT2D eigenvalue weighted by Crippen LogP contribution is -2.52. The van der Waals surface area contributed by atoms with Gasteiger partial charge in [-0.3, -0.25) is 9.59 Å². The van der Waals surface area contributed by atoms with Crippen molar-refractivity contribution in [1.82, 2.24) is 0 Å². The molecular weight excluding hydrogens is 212 g/mol. The van der Waals surface area contributed by atoms with Crippen molar-refractivity contribution in [3.63, 3.8) is 0 Å². The predicted molar refractivity (Wildman–Crippen MR) is 64.5 cm³/mol. The first-order chi connectivity index (χ1) is 8.20. The molecule has 4 atom stereocenters. The average molecular weight is 226 g/mol. The van der Waals surface area contributed by atoms with Crippen LogP contribution in [0.4, 0.5) is 0 Å². The van der Waals surface area contributed by atoms with Crippen molar-refractivity contribution in [3.8, 4) is 0 Å². The first-order valence-electron chi connectivity index (χ1n) is 6.01. The maximum absolute atomic E-state index is 11.9. The quantitative estimate of drug-likeness (QED) is 0.736. The van der Waals surface area contributed by atoms with Crippen LogP contribution in [-0.4, -0.2) is 11.6 Å². The molecular formula is C15H14O2. The SMILES string of the molecule is C[C@H]1[C@H]2C(=O)C=CC(=O)[C@H]2[C@@H]1c1ccccc1. The van der Waals surface area contributed by atoms with E-state index >= 15 is 0 Å². The molecule has 2 aliphatic rings. The number of fused-ring (bicyclic) bond motifs is 1. The van der Waals surface area contributed by atoms with Crippen LogP contribution < -0.4 is 0 Å². The molecule has 17 heavy (non-hydrogen) atoms. The number of benzene rings is 1. The van der Waals surface area contributed by atoms with Crippen LogP contribution in [0.2, 0.25) is 0 Å². The summed E-state index contributed by atoms with van der Waals surface area (Å²) in [5.41, 5.74) is 1.18. The minimum atomic E-state index is -0.120. The van der Waals surface area contributed by atoms with Gasteiger partial charge in [0.05, 0.1) is 0 Å². The van der Waals surface area contributed by atoms with E-state index in [9.17, 15) is 9.59 Å². The number of carbonyl (C=O) groups excluding carboxylic acids is 2. The van der Waals surface area contributed by atoms with Crippen LogP contribution in [0.5, 0.6) is 0 Å². The summed E-state index contributed by atoms with van der Waals surface area (Å²) in [5.74, 6) is 0.504. The largest absolute Gasteiger partial charge is 0.295 e. The zero-order chi connectivity index (χ0) is 12.0. The Morgan fingerprint density at radius 2 is 1.41 bits per heavy atom. The number of carbonyl (C=O) groups is 2. The number of hydrogen-bond acceptors (Lipinski definition) is 2. The van der Waals surface area contributed by atoms with Gasteiger partial charge in [0.2, 0.25) is 0 Å². The van der Waals surface area contributed by atoms with Gasteiger partial charge in [-0.2, -0.15) is 0 Å². The van der Waals surface area contributed by atoms with Crippen molar-refractivity contribution in [2.75, 3.05) is 0 Å². The average Bonchev–Trinajstić information content (AvgIpc) is 2.33. The number of ketones is 2. The molecule has 0 aromatic heterocycles. The molecule has 0 spiro atoms. The van der Waals surface area contributed by atoms with Gasteiger partial charge >= 0.3 is 0 Å². The second-order valence-electron chi connectivity index (χ2n) is 4.99. The standard InChI is InChI=1S/C15H14O2/c1-9-13(10-5-3-2-4-6-10)15-12(17)8-7-11(16)14(9)15/h2-9,13-15H,1H3/t9-,13+,14+,15+/m1/s1. The summed E-state index contributed by atoms with van der Waals surface area (Å²) in [6.07, 6.45) is 2.90. The molecule has 1 aromatic carbocycles.